The van der Waals surface area contributed by atoms with Crippen molar-refractivity contribution in [2.24, 2.45) is 0 Å². The summed E-state index contributed by atoms with van der Waals surface area (Å²) in [6.45, 7) is 0. The Balaban J connectivity index is 2.26. The number of nitro groups is 1. The molecule has 0 aromatic heterocycles. The lowest BCUT2D eigenvalue weighted by molar-refractivity contribution is -0.385. The van der Waals surface area contributed by atoms with Gasteiger partial charge in [0.1, 0.15) is 11.6 Å². The van der Waals surface area contributed by atoms with Crippen LogP contribution in [-0.4, -0.2) is 15.8 Å². The van der Waals surface area contributed by atoms with Crippen molar-refractivity contribution in [1.29, 1.82) is 0 Å². The highest BCUT2D eigenvalue weighted by Gasteiger charge is 2.13. The number of aromatic hydroxyl groups is 1. The second-order valence-electron chi connectivity index (χ2n) is 4.33. The topological polar surface area (TPSA) is 80.4 Å². The zero-order valence-corrected chi connectivity index (χ0v) is 11.0. The molecule has 0 bridgehead atoms. The van der Waals surface area contributed by atoms with Gasteiger partial charge in [-0.3, -0.25) is 14.9 Å². The van der Waals surface area contributed by atoms with Gasteiger partial charge >= 0.3 is 5.69 Å². The lowest BCUT2D eigenvalue weighted by Crippen LogP contribution is -1.99. The molecule has 22 heavy (non-hydrogen) atoms. The van der Waals surface area contributed by atoms with E-state index in [9.17, 15) is 28.8 Å². The molecule has 0 radical (unpaired) electrons. The van der Waals surface area contributed by atoms with Crippen LogP contribution in [0.4, 0.5) is 14.5 Å². The van der Waals surface area contributed by atoms with Gasteiger partial charge < -0.3 is 5.11 Å². The van der Waals surface area contributed by atoms with Gasteiger partial charge in [0, 0.05) is 12.1 Å². The van der Waals surface area contributed by atoms with E-state index in [1.807, 2.05) is 0 Å². The Kier molecular flexibility index (Phi) is 4.26. The maximum atomic E-state index is 13.4. The number of rotatable bonds is 4. The first-order valence-electron chi connectivity index (χ1n) is 6.03. The highest BCUT2D eigenvalue weighted by molar-refractivity contribution is 6.07. The number of nitro benzene ring substituents is 1. The van der Waals surface area contributed by atoms with Crippen molar-refractivity contribution in [3.05, 3.63) is 75.3 Å². The quantitative estimate of drug-likeness (QED) is 0.406. The molecule has 2 aromatic carbocycles. The van der Waals surface area contributed by atoms with Crippen LogP contribution in [0.15, 0.2) is 42.5 Å². The summed E-state index contributed by atoms with van der Waals surface area (Å²) in [6.07, 6.45) is 2.24. The van der Waals surface area contributed by atoms with Gasteiger partial charge in [0.05, 0.1) is 10.5 Å². The molecular weight excluding hydrogens is 296 g/mol. The summed E-state index contributed by atoms with van der Waals surface area (Å²) in [7, 11) is 0. The standard InChI is InChI=1S/C15H9F2NO4/c16-10-3-4-11(12(17)8-10)14(19)5-1-9-2-6-15(20)13(7-9)18(21)22/h1-8,20H/b5-1+. The Hall–Kier alpha value is -3.09. The molecule has 0 saturated carbocycles. The smallest absolute Gasteiger partial charge is 0.311 e. The number of phenols is 1. The van der Waals surface area contributed by atoms with Crippen molar-refractivity contribution in [2.45, 2.75) is 0 Å². The zero-order chi connectivity index (χ0) is 16.3. The van der Waals surface area contributed by atoms with Gasteiger partial charge in [0.15, 0.2) is 11.5 Å². The number of carbonyl (C=O) groups excluding carboxylic acids is 1. The lowest BCUT2D eigenvalue weighted by atomic mass is 10.1. The van der Waals surface area contributed by atoms with Crippen LogP contribution in [0.3, 0.4) is 0 Å². The Morgan fingerprint density at radius 2 is 1.91 bits per heavy atom. The molecule has 0 atom stereocenters. The Morgan fingerprint density at radius 3 is 2.55 bits per heavy atom. The lowest BCUT2D eigenvalue weighted by Gasteiger charge is -1.99. The highest BCUT2D eigenvalue weighted by Crippen LogP contribution is 2.26. The fourth-order valence-corrected chi connectivity index (χ4v) is 1.74. The summed E-state index contributed by atoms with van der Waals surface area (Å²) in [6, 6.07) is 6.09. The summed E-state index contributed by atoms with van der Waals surface area (Å²) in [5, 5.41) is 20.0. The van der Waals surface area contributed by atoms with Gasteiger partial charge in [-0.15, -0.1) is 0 Å². The molecule has 0 amide bonds. The summed E-state index contributed by atoms with van der Waals surface area (Å²) in [5.41, 5.74) is -0.547. The molecule has 0 fully saturated rings. The molecule has 0 aliphatic rings. The van der Waals surface area contributed by atoms with E-state index in [-0.39, 0.29) is 11.1 Å². The zero-order valence-electron chi connectivity index (χ0n) is 11.0. The van der Waals surface area contributed by atoms with Crippen molar-refractivity contribution < 1.29 is 23.6 Å². The average Bonchev–Trinajstić information content (AvgIpc) is 2.45. The Morgan fingerprint density at radius 1 is 1.18 bits per heavy atom. The molecule has 1 N–H and O–H groups in total. The number of halogens is 2. The minimum absolute atomic E-state index is 0.278. The van der Waals surface area contributed by atoms with Crippen molar-refractivity contribution >= 4 is 17.5 Å². The number of ketones is 1. The average molecular weight is 305 g/mol. The Bertz CT molecular complexity index is 787. The predicted octanol–water partition coefficient (Wildman–Crippen LogP) is 3.47. The van der Waals surface area contributed by atoms with Gasteiger partial charge in [0.25, 0.3) is 0 Å². The fraction of sp³-hybridized carbons (Fsp3) is 0. The molecule has 0 unspecified atom stereocenters. The number of benzene rings is 2. The van der Waals surface area contributed by atoms with Crippen LogP contribution in [0.2, 0.25) is 0 Å². The molecule has 2 rings (SSSR count). The second-order valence-corrected chi connectivity index (χ2v) is 4.33. The number of allylic oxidation sites excluding steroid dienone is 1. The minimum atomic E-state index is -0.994. The number of carbonyl (C=O) groups is 1. The molecule has 0 spiro atoms. The first-order chi connectivity index (χ1) is 10.4. The monoisotopic (exact) mass is 305 g/mol. The van der Waals surface area contributed by atoms with Crippen LogP contribution in [0.1, 0.15) is 15.9 Å². The summed E-state index contributed by atoms with van der Waals surface area (Å²) in [4.78, 5) is 21.7. The third-order valence-corrected chi connectivity index (χ3v) is 2.82. The van der Waals surface area contributed by atoms with E-state index in [0.29, 0.717) is 6.07 Å². The summed E-state index contributed by atoms with van der Waals surface area (Å²) < 4.78 is 26.2. The maximum Gasteiger partial charge on any atom is 0.311 e. The van der Waals surface area contributed by atoms with E-state index in [0.717, 1.165) is 30.3 Å². The van der Waals surface area contributed by atoms with Crippen LogP contribution in [-0.2, 0) is 0 Å². The molecule has 112 valence electrons. The van der Waals surface area contributed by atoms with Crippen molar-refractivity contribution in [3.63, 3.8) is 0 Å². The largest absolute Gasteiger partial charge is 0.502 e. The molecule has 0 saturated heterocycles. The minimum Gasteiger partial charge on any atom is -0.502 e. The van der Waals surface area contributed by atoms with Gasteiger partial charge in [-0.2, -0.15) is 0 Å². The molecule has 0 aliphatic heterocycles. The van der Waals surface area contributed by atoms with E-state index in [1.165, 1.54) is 12.1 Å². The molecule has 7 heteroatoms. The number of hydrogen-bond donors (Lipinski definition) is 1. The van der Waals surface area contributed by atoms with Crippen LogP contribution in [0.5, 0.6) is 5.75 Å². The van der Waals surface area contributed by atoms with Crippen LogP contribution in [0.25, 0.3) is 6.08 Å². The van der Waals surface area contributed by atoms with E-state index in [4.69, 9.17) is 0 Å². The normalized spacial score (nSPS) is 10.8. The van der Waals surface area contributed by atoms with Gasteiger partial charge in [-0.05, 0) is 29.8 Å². The fourth-order valence-electron chi connectivity index (χ4n) is 1.74. The van der Waals surface area contributed by atoms with Crippen molar-refractivity contribution in [1.82, 2.24) is 0 Å². The van der Waals surface area contributed by atoms with Gasteiger partial charge in [-0.1, -0.05) is 12.1 Å². The van der Waals surface area contributed by atoms with Gasteiger partial charge in [-0.25, -0.2) is 8.78 Å². The second kappa shape index (κ2) is 6.13. The van der Waals surface area contributed by atoms with Crippen LogP contribution in [0, 0.1) is 21.7 Å². The summed E-state index contributed by atoms with van der Waals surface area (Å²) >= 11 is 0. The molecular formula is C15H9F2NO4. The number of nitrogens with zero attached hydrogens (tertiary/aromatic N) is 1. The number of phenolic OH excluding ortho intramolecular Hbond substituents is 1. The number of hydrogen-bond acceptors (Lipinski definition) is 4. The first-order valence-corrected chi connectivity index (χ1v) is 6.03. The maximum absolute atomic E-state index is 13.4. The van der Waals surface area contributed by atoms with E-state index >= 15 is 0 Å². The van der Waals surface area contributed by atoms with E-state index < -0.39 is 33.8 Å². The Labute approximate surface area is 123 Å². The first kappa shape index (κ1) is 15.3. The molecule has 2 aromatic rings. The molecule has 0 aliphatic carbocycles. The van der Waals surface area contributed by atoms with Crippen molar-refractivity contribution in [3.8, 4) is 5.75 Å². The third kappa shape index (κ3) is 3.32. The summed E-state index contributed by atoms with van der Waals surface area (Å²) in [5.74, 6) is -3.01. The van der Waals surface area contributed by atoms with Crippen molar-refractivity contribution in [2.75, 3.05) is 0 Å². The van der Waals surface area contributed by atoms with Crippen LogP contribution < -0.4 is 0 Å². The predicted molar refractivity (Wildman–Crippen MR) is 74.5 cm³/mol. The van der Waals surface area contributed by atoms with E-state index in [1.54, 1.807) is 0 Å². The van der Waals surface area contributed by atoms with Crippen LogP contribution >= 0.6 is 0 Å². The third-order valence-electron chi connectivity index (χ3n) is 2.82. The molecule has 5 nitrogen and oxygen atoms in total. The highest BCUT2D eigenvalue weighted by atomic mass is 19.1. The SMILES string of the molecule is O=C(/C=C/c1ccc(O)c([N+](=O)[O-])c1)c1ccc(F)cc1F. The van der Waals surface area contributed by atoms with E-state index in [2.05, 4.69) is 0 Å². The van der Waals surface area contributed by atoms with Gasteiger partial charge in [0.2, 0.25) is 0 Å². The molecule has 0 heterocycles.